The molecule has 4 aromatic rings. The molecule has 1 aliphatic heterocycles. The average Bonchev–Trinajstić information content (AvgIpc) is 3.74. The van der Waals surface area contributed by atoms with E-state index in [1.807, 2.05) is 113 Å². The number of H-pyrrole nitrogens is 1. The first kappa shape index (κ1) is 35.8. The lowest BCUT2D eigenvalue weighted by atomic mass is 9.81. The number of aryl methyl sites for hydroxylation is 1. The minimum atomic E-state index is -0.667. The van der Waals surface area contributed by atoms with Crippen LogP contribution in [0, 0.1) is 12.8 Å². The van der Waals surface area contributed by atoms with Gasteiger partial charge in [-0.3, -0.25) is 19.6 Å². The van der Waals surface area contributed by atoms with Crippen molar-refractivity contribution in [2.75, 3.05) is 11.4 Å². The van der Waals surface area contributed by atoms with Crippen molar-refractivity contribution in [3.05, 3.63) is 95.9 Å². The highest BCUT2D eigenvalue weighted by Gasteiger charge is 2.44. The van der Waals surface area contributed by atoms with Crippen LogP contribution in [0.3, 0.4) is 0 Å². The number of benzene rings is 2. The second-order valence-corrected chi connectivity index (χ2v) is 9.37. The van der Waals surface area contributed by atoms with Crippen LogP contribution in [0.15, 0.2) is 79.1 Å². The Morgan fingerprint density at radius 2 is 1.55 bits per heavy atom. The normalized spacial score (nSPS) is 14.8. The maximum Gasteiger partial charge on any atom is 0.251 e. The molecule has 0 fully saturated rings. The molecular formula is C34H52N6O2. The second kappa shape index (κ2) is 19.8. The van der Waals surface area contributed by atoms with E-state index in [-0.39, 0.29) is 13.3 Å². The predicted molar refractivity (Wildman–Crippen MR) is 176 cm³/mol. The van der Waals surface area contributed by atoms with Crippen molar-refractivity contribution >= 4 is 18.1 Å². The minimum absolute atomic E-state index is 0. The molecule has 0 unspecified atom stereocenters. The Morgan fingerprint density at radius 1 is 0.976 bits per heavy atom. The summed E-state index contributed by atoms with van der Waals surface area (Å²) in [6.45, 7) is 19.0. The molecule has 0 aliphatic carbocycles. The van der Waals surface area contributed by atoms with Gasteiger partial charge in [0.15, 0.2) is 0 Å². The van der Waals surface area contributed by atoms with Crippen LogP contribution in [-0.4, -0.2) is 44.9 Å². The molecular weight excluding hydrogens is 524 g/mol. The standard InChI is InChI=1S/C22H22N4O2.C5H12.C3H4N2.2C2H6.H2/c1-3-25-21-18(15(2)24-26(21)17-12-8-5-9-13-17)19(16-10-6-4-7-11-16)20(22(25)28)23-14-27;1-4-5(2)3;1-2-4-5-3-1;2*1-2;/h4-14,19-20H,3H2,1-2H3,(H,23,27);5H,4H2,1-3H3;1-3H,(H,4,5);2*1-2H3;1H/t19-,20+;;;;;/m0...../s1. The van der Waals surface area contributed by atoms with E-state index < -0.39 is 6.04 Å². The molecule has 2 N–H and O–H groups in total. The van der Waals surface area contributed by atoms with Crippen molar-refractivity contribution in [3.8, 4) is 5.69 Å². The lowest BCUT2D eigenvalue weighted by Crippen LogP contribution is -2.53. The summed E-state index contributed by atoms with van der Waals surface area (Å²) in [6.07, 6.45) is 5.37. The van der Waals surface area contributed by atoms with Crippen molar-refractivity contribution in [1.29, 1.82) is 0 Å². The smallest absolute Gasteiger partial charge is 0.251 e. The van der Waals surface area contributed by atoms with Gasteiger partial charge < -0.3 is 5.32 Å². The molecule has 2 aromatic heterocycles. The summed E-state index contributed by atoms with van der Waals surface area (Å²) in [5, 5.41) is 13.7. The quantitative estimate of drug-likeness (QED) is 0.232. The SMILES string of the molecule is CC.CC.CCC(C)C.CCN1C(=O)[C@H](NC=O)[C@@H](c2ccccc2)c2c(C)nn(-c3ccccc3)c21.[HH].c1cn[nH]c1. The van der Waals surface area contributed by atoms with E-state index in [0.717, 1.165) is 34.2 Å². The fourth-order valence-electron chi connectivity index (χ4n) is 4.26. The van der Waals surface area contributed by atoms with Crippen LogP contribution >= 0.6 is 0 Å². The first-order chi connectivity index (χ1) is 20.4. The molecule has 230 valence electrons. The highest BCUT2D eigenvalue weighted by molar-refractivity contribution is 6.02. The van der Waals surface area contributed by atoms with Crippen LogP contribution in [0.2, 0.25) is 0 Å². The van der Waals surface area contributed by atoms with E-state index in [1.165, 1.54) is 6.42 Å². The number of nitrogens with zero attached hydrogens (tertiary/aromatic N) is 4. The maximum absolute atomic E-state index is 13.3. The Bertz CT molecular complexity index is 1240. The zero-order valence-corrected chi connectivity index (χ0v) is 26.8. The second-order valence-electron chi connectivity index (χ2n) is 9.37. The molecule has 0 saturated carbocycles. The van der Waals surface area contributed by atoms with Gasteiger partial charge in [0.05, 0.1) is 11.4 Å². The maximum atomic E-state index is 13.3. The highest BCUT2D eigenvalue weighted by atomic mass is 16.2. The number of rotatable bonds is 6. The fraction of sp³-hybridized carbons (Fsp3) is 0.412. The summed E-state index contributed by atoms with van der Waals surface area (Å²) in [6, 6.07) is 20.8. The summed E-state index contributed by atoms with van der Waals surface area (Å²) in [4.78, 5) is 26.4. The minimum Gasteiger partial charge on any atom is -0.346 e. The van der Waals surface area contributed by atoms with Crippen LogP contribution in [0.1, 0.15) is 86.0 Å². The Hall–Kier alpha value is -4.20. The Kier molecular flexibility index (Phi) is 16.9. The lowest BCUT2D eigenvalue weighted by molar-refractivity contribution is -0.123. The van der Waals surface area contributed by atoms with Crippen molar-refractivity contribution in [3.63, 3.8) is 0 Å². The van der Waals surface area contributed by atoms with Gasteiger partial charge in [0.2, 0.25) is 6.41 Å². The van der Waals surface area contributed by atoms with Crippen LogP contribution in [0.25, 0.3) is 5.69 Å². The molecule has 8 heteroatoms. The summed E-state index contributed by atoms with van der Waals surface area (Å²) >= 11 is 0. The van der Waals surface area contributed by atoms with E-state index >= 15 is 0 Å². The van der Waals surface area contributed by atoms with Gasteiger partial charge in [-0.1, -0.05) is 103 Å². The molecule has 3 heterocycles. The number of anilines is 1. The predicted octanol–water partition coefficient (Wildman–Crippen LogP) is 7.55. The number of hydrogen-bond donors (Lipinski definition) is 2. The van der Waals surface area contributed by atoms with Gasteiger partial charge in [-0.25, -0.2) is 4.68 Å². The number of carbonyl (C=O) groups excluding carboxylic acids is 2. The van der Waals surface area contributed by atoms with Crippen molar-refractivity contribution in [2.24, 2.45) is 5.92 Å². The number of carbonyl (C=O) groups is 2. The monoisotopic (exact) mass is 576 g/mol. The van der Waals surface area contributed by atoms with Gasteiger partial charge in [-0.05, 0) is 43.5 Å². The number of aromatic nitrogens is 4. The summed E-state index contributed by atoms with van der Waals surface area (Å²) < 4.78 is 1.83. The number of fused-ring (bicyclic) bond motifs is 1. The number of likely N-dealkylation sites (N-methyl/N-ethyl adjacent to an activating group) is 1. The van der Waals surface area contributed by atoms with Crippen molar-refractivity contribution in [2.45, 2.75) is 80.7 Å². The van der Waals surface area contributed by atoms with Crippen LogP contribution in [0.4, 0.5) is 5.82 Å². The summed E-state index contributed by atoms with van der Waals surface area (Å²) in [7, 11) is 0. The zero-order valence-electron chi connectivity index (χ0n) is 26.8. The van der Waals surface area contributed by atoms with E-state index in [4.69, 9.17) is 5.10 Å². The molecule has 2 amide bonds. The van der Waals surface area contributed by atoms with Crippen LogP contribution in [0.5, 0.6) is 0 Å². The topological polar surface area (TPSA) is 95.9 Å². The third-order valence-electron chi connectivity index (χ3n) is 6.46. The third kappa shape index (κ3) is 9.43. The van der Waals surface area contributed by atoms with Crippen molar-refractivity contribution < 1.29 is 11.0 Å². The Morgan fingerprint density at radius 3 is 1.98 bits per heavy atom. The van der Waals surface area contributed by atoms with E-state index in [0.29, 0.717) is 13.0 Å². The Balaban J connectivity index is 0.000000988. The molecule has 42 heavy (non-hydrogen) atoms. The van der Waals surface area contributed by atoms with Gasteiger partial charge in [-0.15, -0.1) is 0 Å². The van der Waals surface area contributed by atoms with Gasteiger partial charge in [0, 0.05) is 31.8 Å². The number of amides is 2. The number of aromatic amines is 1. The summed E-state index contributed by atoms with van der Waals surface area (Å²) in [5.74, 6) is 1.23. The van der Waals surface area contributed by atoms with E-state index in [9.17, 15) is 9.59 Å². The molecule has 0 radical (unpaired) electrons. The van der Waals surface area contributed by atoms with Crippen molar-refractivity contribution in [1.82, 2.24) is 25.3 Å². The molecule has 0 spiro atoms. The summed E-state index contributed by atoms with van der Waals surface area (Å²) in [5.41, 5.74) is 3.68. The van der Waals surface area contributed by atoms with Gasteiger partial charge in [0.1, 0.15) is 11.9 Å². The first-order valence-electron chi connectivity index (χ1n) is 15.1. The van der Waals surface area contributed by atoms with Gasteiger partial charge in [-0.2, -0.15) is 10.2 Å². The zero-order chi connectivity index (χ0) is 31.5. The molecule has 5 rings (SSSR count). The fourth-order valence-corrected chi connectivity index (χ4v) is 4.26. The van der Waals surface area contributed by atoms with Crippen LogP contribution in [-0.2, 0) is 9.59 Å². The molecule has 2 aromatic carbocycles. The average molecular weight is 577 g/mol. The van der Waals surface area contributed by atoms with Gasteiger partial charge in [0.25, 0.3) is 5.91 Å². The largest absolute Gasteiger partial charge is 0.346 e. The highest BCUT2D eigenvalue weighted by Crippen LogP contribution is 2.43. The molecule has 1 aliphatic rings. The number of para-hydroxylation sites is 1. The molecule has 2 atom stereocenters. The van der Waals surface area contributed by atoms with E-state index in [1.54, 1.807) is 17.3 Å². The number of nitrogens with one attached hydrogen (secondary N) is 2. The number of hydrogen-bond acceptors (Lipinski definition) is 4. The lowest BCUT2D eigenvalue weighted by Gasteiger charge is -2.37. The first-order valence-corrected chi connectivity index (χ1v) is 15.1. The van der Waals surface area contributed by atoms with Gasteiger partial charge >= 0.3 is 0 Å². The molecule has 0 bridgehead atoms. The van der Waals surface area contributed by atoms with Crippen LogP contribution < -0.4 is 10.2 Å². The molecule has 0 saturated heterocycles. The third-order valence-corrected chi connectivity index (χ3v) is 6.46. The molecule has 8 nitrogen and oxygen atoms in total. The van der Waals surface area contributed by atoms with E-state index in [2.05, 4.69) is 36.3 Å². The Labute approximate surface area is 254 Å².